The van der Waals surface area contributed by atoms with Gasteiger partial charge in [-0.25, -0.2) is 28.6 Å². The van der Waals surface area contributed by atoms with Gasteiger partial charge in [0.2, 0.25) is 11.8 Å². The predicted octanol–water partition coefficient (Wildman–Crippen LogP) is 0.208. The van der Waals surface area contributed by atoms with E-state index in [1.165, 1.54) is 13.8 Å². The molecule has 25 nitrogen and oxygen atoms in total. The third-order valence-corrected chi connectivity index (χ3v) is 11.4. The van der Waals surface area contributed by atoms with Crippen LogP contribution in [-0.2, 0) is 45.9 Å². The van der Waals surface area contributed by atoms with E-state index >= 15 is 0 Å². The highest BCUT2D eigenvalue weighted by Crippen LogP contribution is 2.61. The molecule has 3 aromatic heterocycles. The van der Waals surface area contributed by atoms with Crippen LogP contribution >= 0.6 is 36.1 Å². The van der Waals surface area contributed by atoms with Crippen molar-refractivity contribution >= 4 is 75.8 Å². The summed E-state index contributed by atoms with van der Waals surface area (Å²) in [6.45, 7) is 0.723. The summed E-state index contributed by atoms with van der Waals surface area (Å²) in [5.74, 6) is -0.628. The number of para-hydroxylation sites is 1. The largest absolute Gasteiger partial charge is 0.506 e. The molecule has 7 atom stereocenters. The van der Waals surface area contributed by atoms with Crippen LogP contribution in [0.5, 0.6) is 5.75 Å². The van der Waals surface area contributed by atoms with E-state index in [4.69, 9.17) is 19.5 Å². The molecule has 12 N–H and O–H groups in total. The van der Waals surface area contributed by atoms with E-state index in [1.807, 2.05) is 24.3 Å². The number of aliphatic hydroxyl groups is 2. The number of hydrogen-bond acceptors (Lipinski definition) is 18. The number of rotatable bonds is 18. The number of aromatic nitrogens is 5. The first kappa shape index (κ1) is 47.1. The normalized spacial score (nSPS) is 21.1. The number of phosphoric ester groups is 3. The van der Waals surface area contributed by atoms with Gasteiger partial charge in [-0.3, -0.25) is 27.7 Å². The number of anilines is 1. The summed E-state index contributed by atoms with van der Waals surface area (Å²) in [4.78, 5) is 77.6. The fourth-order valence-corrected chi connectivity index (χ4v) is 8.13. The molecule has 4 heterocycles. The van der Waals surface area contributed by atoms with Crippen molar-refractivity contribution in [2.75, 3.05) is 37.8 Å². The van der Waals surface area contributed by atoms with Crippen LogP contribution in [0.15, 0.2) is 43.1 Å². The van der Waals surface area contributed by atoms with Gasteiger partial charge in [-0.15, -0.1) is 0 Å². The quantitative estimate of drug-likeness (QED) is 0.0469. The van der Waals surface area contributed by atoms with Crippen molar-refractivity contribution in [1.29, 1.82) is 0 Å². The summed E-state index contributed by atoms with van der Waals surface area (Å²) < 4.78 is 61.7. The van der Waals surface area contributed by atoms with Gasteiger partial charge in [-0.2, -0.15) is 16.9 Å². The molecule has 0 radical (unpaired) electrons. The molecule has 1 saturated heterocycles. The first-order valence-corrected chi connectivity index (χ1v) is 21.9. The molecule has 5 rings (SSSR count). The van der Waals surface area contributed by atoms with Crippen LogP contribution in [-0.4, -0.2) is 128 Å². The average molecular weight is 901 g/mol. The molecule has 0 saturated carbocycles. The summed E-state index contributed by atoms with van der Waals surface area (Å²) >= 11 is 3.95. The van der Waals surface area contributed by atoms with Crippen LogP contribution in [0, 0.1) is 5.41 Å². The van der Waals surface area contributed by atoms with E-state index in [-0.39, 0.29) is 35.9 Å². The number of carbonyl (C=O) groups is 2. The Balaban J connectivity index is 0.000000638. The van der Waals surface area contributed by atoms with E-state index in [9.17, 15) is 58.2 Å². The summed E-state index contributed by atoms with van der Waals surface area (Å²) in [7, 11) is -16.3. The Morgan fingerprint density at radius 1 is 1.07 bits per heavy atom. The number of nitrogens with zero attached hydrogens (tertiary/aromatic N) is 4. The second-order valence-electron chi connectivity index (χ2n) is 13.0. The van der Waals surface area contributed by atoms with Crippen molar-refractivity contribution in [2.45, 2.75) is 50.9 Å². The second kappa shape index (κ2) is 19.7. The number of benzene rings is 1. The number of nitrogen functional groups attached to an aromatic ring is 1. The SMILES string of the molecule is CC(C)(COP(=O)(O)OP(=O)(O)OC[C@H]1O[C@@H](n2cnc3c(N)ncnc32)[C@H](O)[C@@H]1OP(=O)(O)O)[C@@H](O)C(=O)NCCC(=O)NCCS.Oc1c[nH]c2ccccc12. The minimum absolute atomic E-state index is 0.0363. The van der Waals surface area contributed by atoms with Gasteiger partial charge in [0.05, 0.1) is 19.5 Å². The van der Waals surface area contributed by atoms with Gasteiger partial charge in [0.1, 0.15) is 42.0 Å². The number of amides is 2. The van der Waals surface area contributed by atoms with Crippen LogP contribution < -0.4 is 16.4 Å². The molecule has 1 aromatic carbocycles. The van der Waals surface area contributed by atoms with Crippen molar-refractivity contribution < 1.29 is 80.8 Å². The molecule has 2 amide bonds. The summed E-state index contributed by atoms with van der Waals surface area (Å²) in [6.07, 6.45) is -5.15. The molecular formula is C29H43N8O17P3S. The third-order valence-electron chi connectivity index (χ3n) is 8.08. The van der Waals surface area contributed by atoms with Crippen LogP contribution in [0.1, 0.15) is 26.5 Å². The number of nitrogens with two attached hydrogens (primary N) is 1. The van der Waals surface area contributed by atoms with Crippen molar-refractivity contribution in [1.82, 2.24) is 35.1 Å². The van der Waals surface area contributed by atoms with E-state index in [0.717, 1.165) is 28.1 Å². The number of imidazole rings is 1. The number of hydrogen-bond donors (Lipinski definition) is 12. The Morgan fingerprint density at radius 3 is 2.43 bits per heavy atom. The minimum atomic E-state index is -5.54. The molecule has 2 unspecified atom stereocenters. The molecule has 1 aliphatic heterocycles. The van der Waals surface area contributed by atoms with E-state index in [1.54, 1.807) is 6.20 Å². The summed E-state index contributed by atoms with van der Waals surface area (Å²) in [6, 6.07) is 7.63. The molecule has 58 heavy (non-hydrogen) atoms. The van der Waals surface area contributed by atoms with Crippen molar-refractivity contribution in [3.8, 4) is 5.75 Å². The lowest BCUT2D eigenvalue weighted by Gasteiger charge is -2.30. The van der Waals surface area contributed by atoms with Crippen LogP contribution in [0.2, 0.25) is 0 Å². The summed E-state index contributed by atoms with van der Waals surface area (Å²) in [5.41, 5.74) is 5.27. The van der Waals surface area contributed by atoms with Gasteiger partial charge >= 0.3 is 23.5 Å². The monoisotopic (exact) mass is 900 g/mol. The molecule has 0 bridgehead atoms. The van der Waals surface area contributed by atoms with E-state index < -0.39 is 78.6 Å². The van der Waals surface area contributed by atoms with Crippen LogP contribution in [0.4, 0.5) is 5.82 Å². The number of ether oxygens (including phenoxy) is 1. The zero-order valence-corrected chi connectivity index (χ0v) is 34.1. The smallest absolute Gasteiger partial charge is 0.481 e. The lowest BCUT2D eigenvalue weighted by Crippen LogP contribution is -2.46. The van der Waals surface area contributed by atoms with Gasteiger partial charge < -0.3 is 61.0 Å². The molecule has 322 valence electrons. The lowest BCUT2D eigenvalue weighted by atomic mass is 9.87. The van der Waals surface area contributed by atoms with Gasteiger partial charge in [-0.05, 0) is 12.1 Å². The molecule has 1 aliphatic rings. The molecule has 29 heteroatoms. The molecule has 4 aromatic rings. The first-order chi connectivity index (χ1) is 27.0. The zero-order chi connectivity index (χ0) is 43.1. The number of aliphatic hydroxyl groups excluding tert-OH is 2. The third kappa shape index (κ3) is 13.0. The number of nitrogens with one attached hydrogen (secondary N) is 3. The van der Waals surface area contributed by atoms with Gasteiger partial charge in [-0.1, -0.05) is 26.0 Å². The number of aromatic hydroxyl groups is 1. The highest BCUT2D eigenvalue weighted by atomic mass is 32.1. The minimum Gasteiger partial charge on any atom is -0.506 e. The molecule has 1 fully saturated rings. The van der Waals surface area contributed by atoms with Crippen LogP contribution in [0.3, 0.4) is 0 Å². The fraction of sp³-hybridized carbons (Fsp3) is 0.483. The Bertz CT molecular complexity index is 2190. The maximum atomic E-state index is 12.6. The molecule has 0 spiro atoms. The van der Waals surface area contributed by atoms with Crippen molar-refractivity contribution in [2.24, 2.45) is 5.41 Å². The van der Waals surface area contributed by atoms with E-state index in [2.05, 4.69) is 52.0 Å². The first-order valence-electron chi connectivity index (χ1n) is 16.8. The Morgan fingerprint density at radius 2 is 1.76 bits per heavy atom. The topological polar surface area (TPSA) is 383 Å². The number of thiol groups is 1. The number of carbonyl (C=O) groups excluding carboxylic acids is 2. The van der Waals surface area contributed by atoms with Gasteiger partial charge in [0, 0.05) is 47.8 Å². The van der Waals surface area contributed by atoms with Crippen molar-refractivity contribution in [3.63, 3.8) is 0 Å². The Kier molecular flexibility index (Phi) is 16.0. The fourth-order valence-electron chi connectivity index (χ4n) is 5.19. The lowest BCUT2D eigenvalue weighted by molar-refractivity contribution is -0.137. The van der Waals surface area contributed by atoms with Gasteiger partial charge in [0.25, 0.3) is 0 Å². The number of H-pyrrole nitrogens is 1. The van der Waals surface area contributed by atoms with Gasteiger partial charge in [0.15, 0.2) is 17.7 Å². The Labute approximate surface area is 334 Å². The number of phosphoric acid groups is 3. The molecular weight excluding hydrogens is 857 g/mol. The average Bonchev–Trinajstić information content (AvgIpc) is 3.83. The van der Waals surface area contributed by atoms with Crippen LogP contribution in [0.25, 0.3) is 22.1 Å². The Hall–Kier alpha value is -3.55. The highest BCUT2D eigenvalue weighted by molar-refractivity contribution is 7.80. The maximum Gasteiger partial charge on any atom is 0.481 e. The maximum absolute atomic E-state index is 12.6. The predicted molar refractivity (Wildman–Crippen MR) is 203 cm³/mol. The highest BCUT2D eigenvalue weighted by Gasteiger charge is 2.50. The summed E-state index contributed by atoms with van der Waals surface area (Å²) in [5, 5.41) is 36.1. The number of aromatic amines is 1. The second-order valence-corrected chi connectivity index (χ2v) is 17.7. The number of fused-ring (bicyclic) bond motifs is 2. The zero-order valence-electron chi connectivity index (χ0n) is 30.5. The van der Waals surface area contributed by atoms with Crippen molar-refractivity contribution in [3.05, 3.63) is 43.1 Å². The molecule has 0 aliphatic carbocycles. The van der Waals surface area contributed by atoms with E-state index in [0.29, 0.717) is 18.0 Å². The standard InChI is InChI=1S/C21H36N7O16P3S.C8H7NO/c1-21(2,16(31)19(32)24-4-3-12(29)23-5-6-48)8-41-47(38,39)44-46(36,37)40-7-11-15(43-45(33,34)35)14(30)20(42-11)28-10-27-13-17(22)25-9-26-18(13)28;10-8-5-9-7-4-2-1-3-6(7)8/h9-11,14-16,20,30-31,48H,3-8H2,1-2H3,(H,23,29)(H,24,32)(H,36,37)(H,38,39)(H2,22,25,26)(H2,33,34,35);1-5,9-10H/t11-,14-,15-,16+,20-;/m1./s1.